The first-order chi connectivity index (χ1) is 10.6. The molecule has 2 aromatic heterocycles. The second kappa shape index (κ2) is 7.87. The minimum absolute atomic E-state index is 0.0213. The highest BCUT2D eigenvalue weighted by atomic mass is 32.1. The van der Waals surface area contributed by atoms with E-state index >= 15 is 0 Å². The molecule has 0 aliphatic rings. The van der Waals surface area contributed by atoms with Crippen molar-refractivity contribution in [1.29, 1.82) is 0 Å². The molecule has 1 atom stereocenters. The zero-order chi connectivity index (χ0) is 15.9. The molecule has 0 aliphatic carbocycles. The van der Waals surface area contributed by atoms with Crippen molar-refractivity contribution in [3.8, 4) is 0 Å². The Morgan fingerprint density at radius 1 is 1.50 bits per heavy atom. The summed E-state index contributed by atoms with van der Waals surface area (Å²) < 4.78 is 0. The Bertz CT molecular complexity index is 664. The number of nitrogens with zero attached hydrogens (tertiary/aromatic N) is 1. The van der Waals surface area contributed by atoms with E-state index in [1.807, 2.05) is 43.5 Å². The number of amides is 1. The van der Waals surface area contributed by atoms with Crippen LogP contribution in [0.25, 0.3) is 6.08 Å². The SMILES string of the molecule is CCC(NC(=O)C=Cc1cc(CO)cs1)c1cccc(C)n1. The van der Waals surface area contributed by atoms with Crippen LogP contribution in [0, 0.1) is 6.92 Å². The van der Waals surface area contributed by atoms with Gasteiger partial charge in [-0.3, -0.25) is 9.78 Å². The zero-order valence-electron chi connectivity index (χ0n) is 12.7. The largest absolute Gasteiger partial charge is 0.392 e. The smallest absolute Gasteiger partial charge is 0.244 e. The van der Waals surface area contributed by atoms with Crippen LogP contribution in [0.15, 0.2) is 35.7 Å². The lowest BCUT2D eigenvalue weighted by Crippen LogP contribution is -2.27. The number of carbonyl (C=O) groups excluding carboxylic acids is 1. The van der Waals surface area contributed by atoms with Crippen molar-refractivity contribution in [2.45, 2.75) is 32.9 Å². The summed E-state index contributed by atoms with van der Waals surface area (Å²) in [6, 6.07) is 7.59. The molecule has 2 rings (SSSR count). The molecule has 4 nitrogen and oxygen atoms in total. The molecular formula is C17H20N2O2S. The predicted molar refractivity (Wildman–Crippen MR) is 89.4 cm³/mol. The van der Waals surface area contributed by atoms with Crippen LogP contribution in [0.3, 0.4) is 0 Å². The number of aryl methyl sites for hydroxylation is 1. The van der Waals surface area contributed by atoms with Gasteiger partial charge < -0.3 is 10.4 Å². The molecule has 1 unspecified atom stereocenters. The lowest BCUT2D eigenvalue weighted by molar-refractivity contribution is -0.117. The van der Waals surface area contributed by atoms with Crippen LogP contribution in [0.4, 0.5) is 0 Å². The van der Waals surface area contributed by atoms with E-state index in [4.69, 9.17) is 5.11 Å². The van der Waals surface area contributed by atoms with E-state index in [0.717, 1.165) is 28.2 Å². The van der Waals surface area contributed by atoms with Gasteiger partial charge in [0.1, 0.15) is 0 Å². The Morgan fingerprint density at radius 3 is 2.95 bits per heavy atom. The molecule has 0 bridgehead atoms. The number of nitrogens with one attached hydrogen (secondary N) is 1. The summed E-state index contributed by atoms with van der Waals surface area (Å²) in [6.07, 6.45) is 4.06. The number of pyridine rings is 1. The minimum atomic E-state index is -0.144. The average Bonchev–Trinajstić information content (AvgIpc) is 2.98. The van der Waals surface area contributed by atoms with Gasteiger partial charge in [-0.05, 0) is 48.6 Å². The van der Waals surface area contributed by atoms with Crippen molar-refractivity contribution < 1.29 is 9.90 Å². The maximum atomic E-state index is 12.0. The van der Waals surface area contributed by atoms with Crippen LogP contribution in [-0.4, -0.2) is 16.0 Å². The number of rotatable bonds is 6. The van der Waals surface area contributed by atoms with Gasteiger partial charge >= 0.3 is 0 Å². The van der Waals surface area contributed by atoms with Crippen LogP contribution in [0.1, 0.15) is 41.2 Å². The second-order valence-electron chi connectivity index (χ2n) is 5.02. The first kappa shape index (κ1) is 16.4. The number of hydrogen-bond donors (Lipinski definition) is 2. The quantitative estimate of drug-likeness (QED) is 0.804. The molecule has 2 N–H and O–H groups in total. The molecule has 0 spiro atoms. The molecule has 0 aliphatic heterocycles. The Kier molecular flexibility index (Phi) is 5.86. The van der Waals surface area contributed by atoms with Gasteiger partial charge in [0.2, 0.25) is 5.91 Å². The van der Waals surface area contributed by atoms with E-state index < -0.39 is 0 Å². The Labute approximate surface area is 134 Å². The summed E-state index contributed by atoms with van der Waals surface area (Å²) in [5.41, 5.74) is 2.68. The summed E-state index contributed by atoms with van der Waals surface area (Å²) in [5, 5.41) is 13.9. The molecule has 2 aromatic rings. The van der Waals surface area contributed by atoms with Gasteiger partial charge in [-0.2, -0.15) is 0 Å². The van der Waals surface area contributed by atoms with Gasteiger partial charge in [0.05, 0.1) is 18.3 Å². The van der Waals surface area contributed by atoms with E-state index in [0.29, 0.717) is 0 Å². The van der Waals surface area contributed by atoms with Crippen LogP contribution in [-0.2, 0) is 11.4 Å². The first-order valence-corrected chi connectivity index (χ1v) is 8.10. The molecule has 22 heavy (non-hydrogen) atoms. The highest BCUT2D eigenvalue weighted by Gasteiger charge is 2.12. The van der Waals surface area contributed by atoms with Crippen LogP contribution in [0.2, 0.25) is 0 Å². The lowest BCUT2D eigenvalue weighted by Gasteiger charge is -2.15. The van der Waals surface area contributed by atoms with Gasteiger partial charge in [-0.25, -0.2) is 0 Å². The average molecular weight is 316 g/mol. The predicted octanol–water partition coefficient (Wildman–Crippen LogP) is 3.22. The number of aliphatic hydroxyl groups excluding tert-OH is 1. The maximum Gasteiger partial charge on any atom is 0.244 e. The molecule has 0 radical (unpaired) electrons. The molecular weight excluding hydrogens is 296 g/mol. The molecule has 0 saturated carbocycles. The molecule has 116 valence electrons. The van der Waals surface area contributed by atoms with E-state index in [-0.39, 0.29) is 18.6 Å². The van der Waals surface area contributed by atoms with E-state index in [1.165, 1.54) is 17.4 Å². The number of carbonyl (C=O) groups is 1. The third-order valence-corrected chi connectivity index (χ3v) is 4.19. The van der Waals surface area contributed by atoms with E-state index in [9.17, 15) is 4.79 Å². The number of aromatic nitrogens is 1. The second-order valence-corrected chi connectivity index (χ2v) is 5.96. The molecule has 5 heteroatoms. The van der Waals surface area contributed by atoms with Crippen molar-refractivity contribution >= 4 is 23.3 Å². The van der Waals surface area contributed by atoms with E-state index in [2.05, 4.69) is 10.3 Å². The Balaban J connectivity index is 2.00. The van der Waals surface area contributed by atoms with Crippen molar-refractivity contribution in [3.63, 3.8) is 0 Å². The fraction of sp³-hybridized carbons (Fsp3) is 0.294. The summed E-state index contributed by atoms with van der Waals surface area (Å²) in [6.45, 7) is 3.98. The molecule has 0 saturated heterocycles. The van der Waals surface area contributed by atoms with Gasteiger partial charge in [-0.1, -0.05) is 13.0 Å². The van der Waals surface area contributed by atoms with Crippen LogP contribution < -0.4 is 5.32 Å². The summed E-state index contributed by atoms with van der Waals surface area (Å²) in [4.78, 5) is 17.5. The third kappa shape index (κ3) is 4.51. The van der Waals surface area contributed by atoms with Gasteiger partial charge in [0.25, 0.3) is 0 Å². The molecule has 1 amide bonds. The van der Waals surface area contributed by atoms with Crippen molar-refractivity contribution in [3.05, 3.63) is 57.6 Å². The highest BCUT2D eigenvalue weighted by molar-refractivity contribution is 7.11. The third-order valence-electron chi connectivity index (χ3n) is 3.25. The molecule has 2 heterocycles. The Hall–Kier alpha value is -1.98. The number of aliphatic hydroxyl groups is 1. The molecule has 0 fully saturated rings. The monoisotopic (exact) mass is 316 g/mol. The maximum absolute atomic E-state index is 12.0. The zero-order valence-corrected chi connectivity index (χ0v) is 13.6. The van der Waals surface area contributed by atoms with E-state index in [1.54, 1.807) is 6.08 Å². The number of hydrogen-bond acceptors (Lipinski definition) is 4. The lowest BCUT2D eigenvalue weighted by atomic mass is 10.1. The highest BCUT2D eigenvalue weighted by Crippen LogP contribution is 2.17. The summed E-state index contributed by atoms with van der Waals surface area (Å²) >= 11 is 1.50. The van der Waals surface area contributed by atoms with Crippen molar-refractivity contribution in [2.24, 2.45) is 0 Å². The summed E-state index contributed by atoms with van der Waals surface area (Å²) in [7, 11) is 0. The molecule has 0 aromatic carbocycles. The topological polar surface area (TPSA) is 62.2 Å². The fourth-order valence-electron chi connectivity index (χ4n) is 2.09. The normalized spacial score (nSPS) is 12.5. The van der Waals surface area contributed by atoms with Gasteiger partial charge in [0.15, 0.2) is 0 Å². The van der Waals surface area contributed by atoms with Crippen LogP contribution >= 0.6 is 11.3 Å². The van der Waals surface area contributed by atoms with Gasteiger partial charge in [-0.15, -0.1) is 11.3 Å². The fourth-order valence-corrected chi connectivity index (χ4v) is 2.88. The van der Waals surface area contributed by atoms with Crippen molar-refractivity contribution in [1.82, 2.24) is 10.3 Å². The summed E-state index contributed by atoms with van der Waals surface area (Å²) in [5.74, 6) is -0.144. The van der Waals surface area contributed by atoms with Crippen LogP contribution in [0.5, 0.6) is 0 Å². The minimum Gasteiger partial charge on any atom is -0.392 e. The van der Waals surface area contributed by atoms with Crippen molar-refractivity contribution in [2.75, 3.05) is 0 Å². The standard InChI is InChI=1S/C17H20N2O2S/c1-3-15(16-6-4-5-12(2)18-16)19-17(21)8-7-14-9-13(10-20)11-22-14/h4-9,11,15,20H,3,10H2,1-2H3,(H,19,21). The first-order valence-electron chi connectivity index (χ1n) is 7.22. The van der Waals surface area contributed by atoms with Gasteiger partial charge in [0, 0.05) is 16.6 Å². The number of thiophene rings is 1. The Morgan fingerprint density at radius 2 is 2.32 bits per heavy atom.